The number of rotatable bonds is 3. The molecule has 0 radical (unpaired) electrons. The zero-order chi connectivity index (χ0) is 15.2. The summed E-state index contributed by atoms with van der Waals surface area (Å²) in [5, 5.41) is 0. The van der Waals surface area contributed by atoms with Crippen LogP contribution >= 0.6 is 0 Å². The molecule has 0 unspecified atom stereocenters. The maximum Gasteiger partial charge on any atom is 0.168 e. The van der Waals surface area contributed by atoms with Crippen molar-refractivity contribution in [3.63, 3.8) is 0 Å². The van der Waals surface area contributed by atoms with Gasteiger partial charge in [0.2, 0.25) is 0 Å². The lowest BCUT2D eigenvalue weighted by Gasteiger charge is -2.36. The summed E-state index contributed by atoms with van der Waals surface area (Å²) in [5.41, 5.74) is 9.55. The van der Waals surface area contributed by atoms with E-state index in [4.69, 9.17) is 19.9 Å². The largest absolute Gasteiger partial charge is 0.488 e. The van der Waals surface area contributed by atoms with Crippen molar-refractivity contribution >= 4 is 5.69 Å². The maximum absolute atomic E-state index is 6.13. The Kier molecular flexibility index (Phi) is 3.54. The van der Waals surface area contributed by atoms with E-state index in [9.17, 15) is 0 Å². The predicted octanol–water partition coefficient (Wildman–Crippen LogP) is 3.52. The third-order valence-corrected chi connectivity index (χ3v) is 5.22. The molecule has 1 aliphatic heterocycles. The Morgan fingerprint density at radius 2 is 1.77 bits per heavy atom. The van der Waals surface area contributed by atoms with Gasteiger partial charge in [-0.3, -0.25) is 0 Å². The Hall–Kier alpha value is -1.26. The van der Waals surface area contributed by atoms with Crippen molar-refractivity contribution in [3.05, 3.63) is 23.3 Å². The van der Waals surface area contributed by atoms with Crippen LogP contribution in [-0.2, 0) is 9.47 Å². The molecule has 2 saturated carbocycles. The zero-order valence-corrected chi connectivity index (χ0v) is 13.3. The standard InChI is InChI=1S/C18H25NO3/c1-12-10-16(19)17(22-14-2-3-14)11-15(12)13-4-6-18(7-5-13)20-8-9-21-18/h10-11,13-14H,2-9,19H2,1H3. The first-order valence-electron chi connectivity index (χ1n) is 8.50. The lowest BCUT2D eigenvalue weighted by molar-refractivity contribution is -0.178. The molecule has 4 nitrogen and oxygen atoms in total. The van der Waals surface area contributed by atoms with Gasteiger partial charge in [-0.1, -0.05) is 0 Å². The Morgan fingerprint density at radius 3 is 2.41 bits per heavy atom. The van der Waals surface area contributed by atoms with Crippen LogP contribution in [0.15, 0.2) is 12.1 Å². The zero-order valence-electron chi connectivity index (χ0n) is 13.3. The lowest BCUT2D eigenvalue weighted by atomic mass is 9.79. The van der Waals surface area contributed by atoms with Crippen LogP contribution in [0.25, 0.3) is 0 Å². The van der Waals surface area contributed by atoms with E-state index >= 15 is 0 Å². The molecule has 120 valence electrons. The minimum absolute atomic E-state index is 0.286. The molecule has 0 aromatic heterocycles. The van der Waals surface area contributed by atoms with Crippen molar-refractivity contribution in [2.75, 3.05) is 18.9 Å². The van der Waals surface area contributed by atoms with Crippen molar-refractivity contribution in [1.29, 1.82) is 0 Å². The molecule has 4 heteroatoms. The molecule has 3 fully saturated rings. The summed E-state index contributed by atoms with van der Waals surface area (Å²) in [7, 11) is 0. The summed E-state index contributed by atoms with van der Waals surface area (Å²) < 4.78 is 17.6. The second kappa shape index (κ2) is 5.43. The normalized spacial score (nSPS) is 24.8. The first-order chi connectivity index (χ1) is 10.7. The number of ether oxygens (including phenoxy) is 3. The van der Waals surface area contributed by atoms with E-state index in [1.807, 2.05) is 0 Å². The highest BCUT2D eigenvalue weighted by Crippen LogP contribution is 2.44. The summed E-state index contributed by atoms with van der Waals surface area (Å²) in [4.78, 5) is 0. The summed E-state index contributed by atoms with van der Waals surface area (Å²) >= 11 is 0. The van der Waals surface area contributed by atoms with Gasteiger partial charge in [0.25, 0.3) is 0 Å². The van der Waals surface area contributed by atoms with Crippen LogP contribution in [0.1, 0.15) is 55.6 Å². The quantitative estimate of drug-likeness (QED) is 0.868. The molecular formula is C18H25NO3. The minimum Gasteiger partial charge on any atom is -0.488 e. The van der Waals surface area contributed by atoms with Crippen LogP contribution in [0.5, 0.6) is 5.75 Å². The smallest absolute Gasteiger partial charge is 0.168 e. The van der Waals surface area contributed by atoms with E-state index < -0.39 is 0 Å². The Balaban J connectivity index is 1.52. The fraction of sp³-hybridized carbons (Fsp3) is 0.667. The molecule has 0 bridgehead atoms. The van der Waals surface area contributed by atoms with Crippen molar-refractivity contribution < 1.29 is 14.2 Å². The van der Waals surface area contributed by atoms with Gasteiger partial charge >= 0.3 is 0 Å². The molecule has 22 heavy (non-hydrogen) atoms. The molecule has 1 aromatic rings. The van der Waals surface area contributed by atoms with Gasteiger partial charge in [0.15, 0.2) is 5.79 Å². The van der Waals surface area contributed by atoms with E-state index in [1.165, 1.54) is 11.1 Å². The number of nitrogen functional groups attached to an aromatic ring is 1. The molecule has 2 N–H and O–H groups in total. The van der Waals surface area contributed by atoms with E-state index in [-0.39, 0.29) is 5.79 Å². The van der Waals surface area contributed by atoms with Crippen molar-refractivity contribution in [3.8, 4) is 5.75 Å². The third kappa shape index (κ3) is 2.70. The first-order valence-corrected chi connectivity index (χ1v) is 8.50. The second-order valence-electron chi connectivity index (χ2n) is 6.95. The SMILES string of the molecule is Cc1cc(N)c(OC2CC2)cc1C1CCC2(CC1)OCCO2. The van der Waals surface area contributed by atoms with E-state index in [1.54, 1.807) is 0 Å². The highest BCUT2D eigenvalue weighted by atomic mass is 16.7. The maximum atomic E-state index is 6.13. The number of nitrogens with two attached hydrogens (primary N) is 1. The van der Waals surface area contributed by atoms with Crippen LogP contribution in [0.3, 0.4) is 0 Å². The van der Waals surface area contributed by atoms with Gasteiger partial charge in [0.1, 0.15) is 5.75 Å². The summed E-state index contributed by atoms with van der Waals surface area (Å²) in [5.74, 6) is 1.14. The lowest BCUT2D eigenvalue weighted by Crippen LogP contribution is -2.34. The monoisotopic (exact) mass is 303 g/mol. The minimum atomic E-state index is -0.286. The molecule has 1 spiro atoms. The molecular weight excluding hydrogens is 278 g/mol. The molecule has 2 aliphatic carbocycles. The van der Waals surface area contributed by atoms with Crippen LogP contribution in [-0.4, -0.2) is 25.1 Å². The second-order valence-corrected chi connectivity index (χ2v) is 6.95. The third-order valence-electron chi connectivity index (χ3n) is 5.22. The van der Waals surface area contributed by atoms with Gasteiger partial charge in [-0.05, 0) is 61.8 Å². The summed E-state index contributed by atoms with van der Waals surface area (Å²) in [6.07, 6.45) is 6.88. The highest BCUT2D eigenvalue weighted by molar-refractivity contribution is 5.57. The molecule has 1 saturated heterocycles. The van der Waals surface area contributed by atoms with Crippen LogP contribution < -0.4 is 10.5 Å². The number of aryl methyl sites for hydroxylation is 1. The Labute approximate surface area is 131 Å². The van der Waals surface area contributed by atoms with Gasteiger partial charge in [-0.15, -0.1) is 0 Å². The topological polar surface area (TPSA) is 53.7 Å². The van der Waals surface area contributed by atoms with Gasteiger partial charge in [0, 0.05) is 12.8 Å². The van der Waals surface area contributed by atoms with Gasteiger partial charge < -0.3 is 19.9 Å². The Bertz CT molecular complexity index is 552. The highest BCUT2D eigenvalue weighted by Gasteiger charge is 2.40. The molecule has 0 amide bonds. The van der Waals surface area contributed by atoms with Crippen LogP contribution in [0.2, 0.25) is 0 Å². The van der Waals surface area contributed by atoms with Crippen LogP contribution in [0.4, 0.5) is 5.69 Å². The molecule has 4 rings (SSSR count). The van der Waals surface area contributed by atoms with E-state index in [2.05, 4.69) is 19.1 Å². The fourth-order valence-electron chi connectivity index (χ4n) is 3.79. The number of hydrogen-bond acceptors (Lipinski definition) is 4. The number of hydrogen-bond donors (Lipinski definition) is 1. The number of benzene rings is 1. The molecule has 3 aliphatic rings. The first kappa shape index (κ1) is 14.3. The number of anilines is 1. The van der Waals surface area contributed by atoms with Gasteiger partial charge in [0.05, 0.1) is 25.0 Å². The van der Waals surface area contributed by atoms with Crippen molar-refractivity contribution in [2.24, 2.45) is 0 Å². The van der Waals surface area contributed by atoms with Crippen LogP contribution in [0, 0.1) is 6.92 Å². The van der Waals surface area contributed by atoms with Crippen molar-refractivity contribution in [2.45, 2.75) is 63.3 Å². The molecule has 1 aromatic carbocycles. The average Bonchev–Trinajstić information content (AvgIpc) is 3.22. The summed E-state index contributed by atoms with van der Waals surface area (Å²) in [6, 6.07) is 4.25. The Morgan fingerprint density at radius 1 is 1.09 bits per heavy atom. The van der Waals surface area contributed by atoms with E-state index in [0.29, 0.717) is 12.0 Å². The van der Waals surface area contributed by atoms with E-state index in [0.717, 1.165) is 63.2 Å². The molecule has 0 atom stereocenters. The molecule has 1 heterocycles. The summed E-state index contributed by atoms with van der Waals surface area (Å²) in [6.45, 7) is 3.63. The predicted molar refractivity (Wildman–Crippen MR) is 85.1 cm³/mol. The fourth-order valence-corrected chi connectivity index (χ4v) is 3.79. The van der Waals surface area contributed by atoms with Crippen molar-refractivity contribution in [1.82, 2.24) is 0 Å². The van der Waals surface area contributed by atoms with Gasteiger partial charge in [-0.25, -0.2) is 0 Å². The van der Waals surface area contributed by atoms with Gasteiger partial charge in [-0.2, -0.15) is 0 Å². The average molecular weight is 303 g/mol.